The van der Waals surface area contributed by atoms with Gasteiger partial charge in [0.2, 0.25) is 0 Å². The molecule has 22 heavy (non-hydrogen) atoms. The Morgan fingerprint density at radius 1 is 1.32 bits per heavy atom. The summed E-state index contributed by atoms with van der Waals surface area (Å²) in [6.07, 6.45) is 1.25. The molecule has 0 saturated carbocycles. The Labute approximate surface area is 135 Å². The summed E-state index contributed by atoms with van der Waals surface area (Å²) >= 11 is 3.35. The number of amides is 1. The third kappa shape index (κ3) is 3.76. The predicted molar refractivity (Wildman–Crippen MR) is 87.0 cm³/mol. The molecule has 0 bridgehead atoms. The van der Waals surface area contributed by atoms with E-state index in [1.165, 1.54) is 12.3 Å². The van der Waals surface area contributed by atoms with Gasteiger partial charge in [-0.25, -0.2) is 5.43 Å². The average Bonchev–Trinajstić information content (AvgIpc) is 2.50. The van der Waals surface area contributed by atoms with Gasteiger partial charge in [-0.1, -0.05) is 34.1 Å². The maximum Gasteiger partial charge on any atom is 0.278 e. The van der Waals surface area contributed by atoms with Crippen molar-refractivity contribution in [1.82, 2.24) is 5.43 Å². The average molecular weight is 362 g/mol. The third-order valence-electron chi connectivity index (χ3n) is 2.94. The Morgan fingerprint density at radius 3 is 2.73 bits per heavy atom. The van der Waals surface area contributed by atoms with Crippen LogP contribution in [0.2, 0.25) is 0 Å². The fraction of sp³-hybridized carbons (Fsp3) is 0.0667. The van der Waals surface area contributed by atoms with Crippen LogP contribution in [0.25, 0.3) is 0 Å². The molecule has 0 aliphatic rings. The van der Waals surface area contributed by atoms with Crippen molar-refractivity contribution in [1.29, 1.82) is 0 Å². The van der Waals surface area contributed by atoms with Gasteiger partial charge in [0.25, 0.3) is 11.6 Å². The van der Waals surface area contributed by atoms with Crippen molar-refractivity contribution in [2.75, 3.05) is 0 Å². The summed E-state index contributed by atoms with van der Waals surface area (Å²) in [7, 11) is 0. The molecule has 2 aromatic carbocycles. The molecule has 7 heteroatoms. The summed E-state index contributed by atoms with van der Waals surface area (Å²) in [5.74, 6) is -0.393. The molecule has 2 aromatic rings. The molecule has 0 atom stereocenters. The minimum absolute atomic E-state index is 0.0708. The van der Waals surface area contributed by atoms with Crippen LogP contribution in [-0.2, 0) is 0 Å². The third-order valence-corrected chi connectivity index (χ3v) is 3.79. The van der Waals surface area contributed by atoms with Gasteiger partial charge in [-0.2, -0.15) is 5.10 Å². The topological polar surface area (TPSA) is 84.6 Å². The van der Waals surface area contributed by atoms with E-state index in [0.717, 1.165) is 10.0 Å². The quantitative estimate of drug-likeness (QED) is 0.514. The lowest BCUT2D eigenvalue weighted by Gasteiger charge is -2.02. The lowest BCUT2D eigenvalue weighted by atomic mass is 10.1. The summed E-state index contributed by atoms with van der Waals surface area (Å²) in [4.78, 5) is 22.3. The van der Waals surface area contributed by atoms with E-state index >= 15 is 0 Å². The first-order valence-electron chi connectivity index (χ1n) is 6.32. The number of para-hydroxylation sites is 1. The van der Waals surface area contributed by atoms with Crippen LogP contribution in [-0.4, -0.2) is 17.0 Å². The van der Waals surface area contributed by atoms with Gasteiger partial charge in [-0.05, 0) is 30.7 Å². The molecule has 2 rings (SSSR count). The number of benzene rings is 2. The molecule has 0 aromatic heterocycles. The number of nitrogens with zero attached hydrogens (tertiary/aromatic N) is 2. The Bertz CT molecular complexity index is 759. The van der Waals surface area contributed by atoms with Crippen LogP contribution in [0.3, 0.4) is 0 Å². The van der Waals surface area contributed by atoms with Gasteiger partial charge in [0.05, 0.1) is 16.7 Å². The summed E-state index contributed by atoms with van der Waals surface area (Å²) in [6, 6.07) is 11.3. The van der Waals surface area contributed by atoms with Crippen molar-refractivity contribution < 1.29 is 9.72 Å². The summed E-state index contributed by atoms with van der Waals surface area (Å²) in [5.41, 5.74) is 4.05. The number of hydrazone groups is 1. The molecule has 0 radical (unpaired) electrons. The molecule has 0 spiro atoms. The largest absolute Gasteiger partial charge is 0.278 e. The van der Waals surface area contributed by atoms with Crippen molar-refractivity contribution in [3.63, 3.8) is 0 Å². The second-order valence-electron chi connectivity index (χ2n) is 4.48. The van der Waals surface area contributed by atoms with E-state index in [2.05, 4.69) is 26.5 Å². The van der Waals surface area contributed by atoms with Crippen LogP contribution >= 0.6 is 15.9 Å². The van der Waals surface area contributed by atoms with Crippen molar-refractivity contribution in [2.24, 2.45) is 5.10 Å². The van der Waals surface area contributed by atoms with Crippen LogP contribution in [0.4, 0.5) is 5.69 Å². The van der Waals surface area contributed by atoms with Crippen LogP contribution in [0.15, 0.2) is 52.0 Å². The molecule has 6 nitrogen and oxygen atoms in total. The molecule has 112 valence electrons. The zero-order chi connectivity index (χ0) is 16.1. The van der Waals surface area contributed by atoms with E-state index in [1.54, 1.807) is 30.3 Å². The first kappa shape index (κ1) is 15.8. The highest BCUT2D eigenvalue weighted by atomic mass is 79.9. The standard InChI is InChI=1S/C15H12BrN3O3/c1-10-6-7-11(8-13(10)16)15(20)18-17-9-12-4-2-3-5-14(12)19(21)22/h2-9H,1H3,(H,18,20)/b17-9+. The van der Waals surface area contributed by atoms with Crippen molar-refractivity contribution in [2.45, 2.75) is 6.92 Å². The number of rotatable bonds is 4. The zero-order valence-corrected chi connectivity index (χ0v) is 13.2. The van der Waals surface area contributed by atoms with E-state index in [4.69, 9.17) is 0 Å². The minimum Gasteiger partial charge on any atom is -0.267 e. The lowest BCUT2D eigenvalue weighted by molar-refractivity contribution is -0.385. The number of nitro groups is 1. The molecule has 0 unspecified atom stereocenters. The number of nitrogens with one attached hydrogen (secondary N) is 1. The van der Waals surface area contributed by atoms with E-state index in [1.807, 2.05) is 13.0 Å². The van der Waals surface area contributed by atoms with Gasteiger partial charge in [-0.15, -0.1) is 0 Å². The predicted octanol–water partition coefficient (Wildman–Crippen LogP) is 3.43. The number of carbonyl (C=O) groups is 1. The van der Waals surface area contributed by atoms with E-state index in [9.17, 15) is 14.9 Å². The number of hydrogen-bond acceptors (Lipinski definition) is 4. The molecular formula is C15H12BrN3O3. The fourth-order valence-corrected chi connectivity index (χ4v) is 2.10. The number of halogens is 1. The van der Waals surface area contributed by atoms with Crippen LogP contribution in [0.1, 0.15) is 21.5 Å². The maximum absolute atomic E-state index is 11.9. The Balaban J connectivity index is 2.11. The highest BCUT2D eigenvalue weighted by molar-refractivity contribution is 9.10. The monoisotopic (exact) mass is 361 g/mol. The number of nitro benzene ring substituents is 1. The van der Waals surface area contributed by atoms with Crippen molar-refractivity contribution in [3.8, 4) is 0 Å². The lowest BCUT2D eigenvalue weighted by Crippen LogP contribution is -2.17. The fourth-order valence-electron chi connectivity index (χ4n) is 1.72. The van der Waals surface area contributed by atoms with Crippen LogP contribution in [0.5, 0.6) is 0 Å². The molecule has 0 fully saturated rings. The molecule has 1 N–H and O–H groups in total. The smallest absolute Gasteiger partial charge is 0.267 e. The Morgan fingerprint density at radius 2 is 2.05 bits per heavy atom. The van der Waals surface area contributed by atoms with Crippen molar-refractivity contribution in [3.05, 3.63) is 73.7 Å². The zero-order valence-electron chi connectivity index (χ0n) is 11.6. The summed E-state index contributed by atoms with van der Waals surface area (Å²) in [5, 5.41) is 14.6. The van der Waals surface area contributed by atoms with Gasteiger partial charge >= 0.3 is 0 Å². The van der Waals surface area contributed by atoms with E-state index in [-0.39, 0.29) is 5.69 Å². The first-order valence-corrected chi connectivity index (χ1v) is 7.11. The molecular weight excluding hydrogens is 350 g/mol. The molecule has 0 aliphatic heterocycles. The second-order valence-corrected chi connectivity index (χ2v) is 5.33. The summed E-state index contributed by atoms with van der Waals surface area (Å²) in [6.45, 7) is 1.92. The molecule has 0 saturated heterocycles. The van der Waals surface area contributed by atoms with Crippen LogP contribution < -0.4 is 5.43 Å². The normalized spacial score (nSPS) is 10.6. The number of carbonyl (C=O) groups excluding carboxylic acids is 1. The first-order chi connectivity index (χ1) is 10.5. The molecule has 0 heterocycles. The van der Waals surface area contributed by atoms with E-state index < -0.39 is 10.8 Å². The minimum atomic E-state index is -0.500. The van der Waals surface area contributed by atoms with E-state index in [0.29, 0.717) is 11.1 Å². The maximum atomic E-state index is 11.9. The Hall–Kier alpha value is -2.54. The summed E-state index contributed by atoms with van der Waals surface area (Å²) < 4.78 is 0.822. The number of aryl methyl sites for hydroxylation is 1. The SMILES string of the molecule is Cc1ccc(C(=O)N/N=C/c2ccccc2[N+](=O)[O-])cc1Br. The van der Waals surface area contributed by atoms with Gasteiger partial charge in [0.15, 0.2) is 0 Å². The molecule has 1 amide bonds. The highest BCUT2D eigenvalue weighted by Gasteiger charge is 2.10. The van der Waals surface area contributed by atoms with Gasteiger partial charge < -0.3 is 0 Å². The van der Waals surface area contributed by atoms with Gasteiger partial charge in [0.1, 0.15) is 0 Å². The van der Waals surface area contributed by atoms with Gasteiger partial charge in [-0.3, -0.25) is 14.9 Å². The van der Waals surface area contributed by atoms with Crippen molar-refractivity contribution >= 4 is 33.7 Å². The Kier molecular flexibility index (Phi) is 5.00. The molecule has 0 aliphatic carbocycles. The number of hydrogen-bond donors (Lipinski definition) is 1. The van der Waals surface area contributed by atoms with Crippen LogP contribution in [0, 0.1) is 17.0 Å². The highest BCUT2D eigenvalue weighted by Crippen LogP contribution is 2.17. The second kappa shape index (κ2) is 6.95. The van der Waals surface area contributed by atoms with Gasteiger partial charge in [0, 0.05) is 16.1 Å².